The average Bonchev–Trinajstić information content (AvgIpc) is 2.30. The van der Waals surface area contributed by atoms with Crippen molar-refractivity contribution in [3.63, 3.8) is 0 Å². The minimum atomic E-state index is -0.218. The van der Waals surface area contributed by atoms with Gasteiger partial charge in [-0.3, -0.25) is 0 Å². The van der Waals surface area contributed by atoms with Crippen LogP contribution in [-0.2, 0) is 13.1 Å². The Morgan fingerprint density at radius 1 is 0.833 bits per heavy atom. The van der Waals surface area contributed by atoms with Gasteiger partial charge in [0.15, 0.2) is 0 Å². The van der Waals surface area contributed by atoms with Crippen molar-refractivity contribution in [2.45, 2.75) is 13.1 Å². The van der Waals surface area contributed by atoms with Crippen LogP contribution in [0.25, 0.3) is 0 Å². The standard InChI is InChI=1S/C14H12Br2FN/c15-12-3-1-10(2-4-12)8-18-9-11-5-13(16)7-14(17)6-11/h1-7,18H,8-9H2. The van der Waals surface area contributed by atoms with E-state index in [1.165, 1.54) is 11.6 Å². The van der Waals surface area contributed by atoms with Crippen molar-refractivity contribution in [1.29, 1.82) is 0 Å². The van der Waals surface area contributed by atoms with Crippen molar-refractivity contribution >= 4 is 31.9 Å². The topological polar surface area (TPSA) is 12.0 Å². The number of nitrogens with one attached hydrogen (secondary N) is 1. The minimum Gasteiger partial charge on any atom is -0.309 e. The van der Waals surface area contributed by atoms with E-state index in [1.54, 1.807) is 6.07 Å². The molecule has 0 amide bonds. The first-order chi connectivity index (χ1) is 8.63. The van der Waals surface area contributed by atoms with Crippen LogP contribution in [0.2, 0.25) is 0 Å². The maximum atomic E-state index is 13.2. The normalized spacial score (nSPS) is 10.6. The highest BCUT2D eigenvalue weighted by atomic mass is 79.9. The van der Waals surface area contributed by atoms with E-state index >= 15 is 0 Å². The Labute approximate surface area is 123 Å². The SMILES string of the molecule is Fc1cc(Br)cc(CNCc2ccc(Br)cc2)c1. The predicted molar refractivity (Wildman–Crippen MR) is 78.8 cm³/mol. The van der Waals surface area contributed by atoms with E-state index < -0.39 is 0 Å². The quantitative estimate of drug-likeness (QED) is 0.824. The number of rotatable bonds is 4. The molecule has 2 aromatic rings. The molecule has 0 saturated heterocycles. The van der Waals surface area contributed by atoms with Gasteiger partial charge in [-0.15, -0.1) is 0 Å². The fraction of sp³-hybridized carbons (Fsp3) is 0.143. The maximum Gasteiger partial charge on any atom is 0.124 e. The zero-order valence-electron chi connectivity index (χ0n) is 9.59. The third-order valence-electron chi connectivity index (χ3n) is 2.49. The lowest BCUT2D eigenvalue weighted by molar-refractivity contribution is 0.619. The van der Waals surface area contributed by atoms with E-state index in [0.29, 0.717) is 6.54 Å². The average molecular weight is 373 g/mol. The second kappa shape index (κ2) is 6.45. The highest BCUT2D eigenvalue weighted by molar-refractivity contribution is 9.10. The number of halogens is 3. The van der Waals surface area contributed by atoms with Gasteiger partial charge in [0.25, 0.3) is 0 Å². The first-order valence-electron chi connectivity index (χ1n) is 5.53. The molecule has 0 saturated carbocycles. The van der Waals surface area contributed by atoms with Gasteiger partial charge in [0.05, 0.1) is 0 Å². The number of hydrogen-bond donors (Lipinski definition) is 1. The molecule has 4 heteroatoms. The Balaban J connectivity index is 1.90. The van der Waals surface area contributed by atoms with Crippen LogP contribution in [-0.4, -0.2) is 0 Å². The van der Waals surface area contributed by atoms with Gasteiger partial charge in [0, 0.05) is 22.0 Å². The van der Waals surface area contributed by atoms with Crippen LogP contribution in [0.3, 0.4) is 0 Å². The summed E-state index contributed by atoms with van der Waals surface area (Å²) in [6.07, 6.45) is 0. The molecule has 0 unspecified atom stereocenters. The van der Waals surface area contributed by atoms with Crippen LogP contribution in [0.1, 0.15) is 11.1 Å². The van der Waals surface area contributed by atoms with Crippen molar-refractivity contribution in [2.24, 2.45) is 0 Å². The lowest BCUT2D eigenvalue weighted by atomic mass is 10.2. The third kappa shape index (κ3) is 4.19. The van der Waals surface area contributed by atoms with Crippen LogP contribution in [0.4, 0.5) is 4.39 Å². The molecule has 2 rings (SSSR count). The van der Waals surface area contributed by atoms with Gasteiger partial charge >= 0.3 is 0 Å². The summed E-state index contributed by atoms with van der Waals surface area (Å²) in [6, 6.07) is 13.0. The molecule has 1 nitrogen and oxygen atoms in total. The lowest BCUT2D eigenvalue weighted by Gasteiger charge is -2.06. The predicted octanol–water partition coefficient (Wildman–Crippen LogP) is 4.64. The first kappa shape index (κ1) is 13.7. The molecule has 0 heterocycles. The van der Waals surface area contributed by atoms with E-state index in [2.05, 4.69) is 49.3 Å². The summed E-state index contributed by atoms with van der Waals surface area (Å²) in [5.74, 6) is -0.218. The molecule has 0 aliphatic rings. The van der Waals surface area contributed by atoms with Crippen LogP contribution >= 0.6 is 31.9 Å². The van der Waals surface area contributed by atoms with Crippen molar-refractivity contribution in [3.8, 4) is 0 Å². The molecule has 0 aromatic heterocycles. The van der Waals surface area contributed by atoms with Crippen LogP contribution in [0.5, 0.6) is 0 Å². The van der Waals surface area contributed by atoms with Gasteiger partial charge in [-0.25, -0.2) is 4.39 Å². The molecule has 0 aliphatic heterocycles. The smallest absolute Gasteiger partial charge is 0.124 e. The van der Waals surface area contributed by atoms with Crippen LogP contribution < -0.4 is 5.32 Å². The Hall–Kier alpha value is -0.710. The summed E-state index contributed by atoms with van der Waals surface area (Å²) in [7, 11) is 0. The van der Waals surface area contributed by atoms with E-state index in [0.717, 1.165) is 21.1 Å². The Kier molecular flexibility index (Phi) is 4.92. The van der Waals surface area contributed by atoms with Crippen molar-refractivity contribution in [1.82, 2.24) is 5.32 Å². The minimum absolute atomic E-state index is 0.218. The van der Waals surface area contributed by atoms with E-state index in [1.807, 2.05) is 18.2 Å². The van der Waals surface area contributed by atoms with E-state index in [4.69, 9.17) is 0 Å². The van der Waals surface area contributed by atoms with E-state index in [-0.39, 0.29) is 5.82 Å². The number of hydrogen-bond acceptors (Lipinski definition) is 1. The zero-order chi connectivity index (χ0) is 13.0. The highest BCUT2D eigenvalue weighted by Crippen LogP contribution is 2.15. The van der Waals surface area contributed by atoms with Gasteiger partial charge in [-0.05, 0) is 41.5 Å². The molecule has 0 aliphatic carbocycles. The second-order valence-electron chi connectivity index (χ2n) is 4.01. The number of benzene rings is 2. The van der Waals surface area contributed by atoms with Crippen molar-refractivity contribution < 1.29 is 4.39 Å². The summed E-state index contributed by atoms with van der Waals surface area (Å²) in [5, 5.41) is 3.29. The summed E-state index contributed by atoms with van der Waals surface area (Å²) >= 11 is 6.68. The summed E-state index contributed by atoms with van der Waals surface area (Å²) < 4.78 is 15.0. The fourth-order valence-electron chi connectivity index (χ4n) is 1.67. The lowest BCUT2D eigenvalue weighted by Crippen LogP contribution is -2.12. The molecule has 0 bridgehead atoms. The van der Waals surface area contributed by atoms with Gasteiger partial charge in [-0.2, -0.15) is 0 Å². The molecule has 18 heavy (non-hydrogen) atoms. The Bertz CT molecular complexity index is 506. The van der Waals surface area contributed by atoms with Crippen LogP contribution in [0, 0.1) is 5.82 Å². The molecular formula is C14H12Br2FN. The zero-order valence-corrected chi connectivity index (χ0v) is 12.8. The van der Waals surface area contributed by atoms with Gasteiger partial charge in [0.1, 0.15) is 5.82 Å². The monoisotopic (exact) mass is 371 g/mol. The molecule has 0 radical (unpaired) electrons. The summed E-state index contributed by atoms with van der Waals surface area (Å²) in [4.78, 5) is 0. The van der Waals surface area contributed by atoms with Crippen molar-refractivity contribution in [3.05, 3.63) is 68.4 Å². The molecule has 0 atom stereocenters. The highest BCUT2D eigenvalue weighted by Gasteiger charge is 1.99. The summed E-state index contributed by atoms with van der Waals surface area (Å²) in [6.45, 7) is 1.41. The van der Waals surface area contributed by atoms with E-state index in [9.17, 15) is 4.39 Å². The molecule has 0 spiro atoms. The maximum absolute atomic E-state index is 13.2. The van der Waals surface area contributed by atoms with Crippen LogP contribution in [0.15, 0.2) is 51.4 Å². The van der Waals surface area contributed by atoms with Gasteiger partial charge in [-0.1, -0.05) is 44.0 Å². The fourth-order valence-corrected chi connectivity index (χ4v) is 2.44. The summed E-state index contributed by atoms with van der Waals surface area (Å²) in [5.41, 5.74) is 2.13. The first-order valence-corrected chi connectivity index (χ1v) is 7.12. The Morgan fingerprint density at radius 3 is 2.17 bits per heavy atom. The molecule has 1 N–H and O–H groups in total. The molecule has 2 aromatic carbocycles. The third-order valence-corrected chi connectivity index (χ3v) is 3.48. The molecule has 0 fully saturated rings. The molecule has 94 valence electrons. The Morgan fingerprint density at radius 2 is 1.50 bits per heavy atom. The van der Waals surface area contributed by atoms with Crippen molar-refractivity contribution in [2.75, 3.05) is 0 Å². The van der Waals surface area contributed by atoms with Gasteiger partial charge < -0.3 is 5.32 Å². The molecular weight excluding hydrogens is 361 g/mol. The largest absolute Gasteiger partial charge is 0.309 e. The van der Waals surface area contributed by atoms with Gasteiger partial charge in [0.2, 0.25) is 0 Å². The second-order valence-corrected chi connectivity index (χ2v) is 5.84.